The molecule has 0 N–H and O–H groups in total. The summed E-state index contributed by atoms with van der Waals surface area (Å²) in [6, 6.07) is 2.10. The summed E-state index contributed by atoms with van der Waals surface area (Å²) < 4.78 is 32.1. The molecular weight excluding hydrogens is 524 g/mol. The number of nitrogens with zero attached hydrogens (tertiary/aromatic N) is 3. The maximum atomic E-state index is 6.56. The molecule has 8 nitrogen and oxygen atoms in total. The Morgan fingerprint density at radius 2 is 1.56 bits per heavy atom. The molecule has 0 aromatic carbocycles. The normalized spacial score (nSPS) is 33.2. The van der Waals surface area contributed by atoms with Gasteiger partial charge in [0.1, 0.15) is 0 Å². The molecule has 4 fully saturated rings. The van der Waals surface area contributed by atoms with Crippen LogP contribution < -0.4 is 0 Å². The summed E-state index contributed by atoms with van der Waals surface area (Å²) in [5.74, 6) is 2.18. The van der Waals surface area contributed by atoms with E-state index in [0.717, 1.165) is 41.5 Å². The Bertz CT molecular complexity index is 1170. The molecule has 192 valence electrons. The second kappa shape index (κ2) is 7.88. The molecule has 6 rings (SSSR count). The maximum Gasteiger partial charge on any atom is 0.488 e. The van der Waals surface area contributed by atoms with Crippen LogP contribution in [0, 0.1) is 5.92 Å². The Morgan fingerprint density at radius 1 is 0.917 bits per heavy atom. The predicted octanol–water partition coefficient (Wildman–Crippen LogP) is 5.04. The van der Waals surface area contributed by atoms with Crippen molar-refractivity contribution in [1.29, 1.82) is 0 Å². The van der Waals surface area contributed by atoms with Gasteiger partial charge in [-0.3, -0.25) is 4.98 Å². The molecule has 3 atom stereocenters. The number of halogens is 1. The smallest absolute Gasteiger partial charge is 0.405 e. The summed E-state index contributed by atoms with van der Waals surface area (Å²) in [6.07, 6.45) is 7.54. The highest BCUT2D eigenvalue weighted by molar-refractivity contribution is 9.10. The fourth-order valence-electron chi connectivity index (χ4n) is 5.54. The van der Waals surface area contributed by atoms with Crippen LogP contribution >= 0.6 is 15.9 Å². The lowest BCUT2D eigenvalue weighted by molar-refractivity contribution is -0.0199. The predicted molar refractivity (Wildman–Crippen MR) is 138 cm³/mol. The van der Waals surface area contributed by atoms with Gasteiger partial charge in [0.15, 0.2) is 5.82 Å². The fraction of sp³-hybridized carbons (Fsp3) is 0.720. The molecule has 4 aliphatic rings. The minimum absolute atomic E-state index is 0.196. The van der Waals surface area contributed by atoms with E-state index < -0.39 is 36.4 Å². The highest BCUT2D eigenvalue weighted by Crippen LogP contribution is 2.57. The van der Waals surface area contributed by atoms with Crippen molar-refractivity contribution in [3.63, 3.8) is 0 Å². The van der Waals surface area contributed by atoms with E-state index in [1.54, 1.807) is 6.20 Å². The Morgan fingerprint density at radius 3 is 2.19 bits per heavy atom. The number of hydrogen-bond acceptors (Lipinski definition) is 8. The molecule has 2 saturated carbocycles. The summed E-state index contributed by atoms with van der Waals surface area (Å²) in [7, 11) is -1.14. The Kier molecular flexibility index (Phi) is 5.48. The van der Waals surface area contributed by atoms with Crippen molar-refractivity contribution < 1.29 is 23.1 Å². The summed E-state index contributed by atoms with van der Waals surface area (Å²) in [6.45, 7) is 14.5. The molecule has 2 aromatic rings. The summed E-state index contributed by atoms with van der Waals surface area (Å²) in [4.78, 5) is 9.20. The fourth-order valence-corrected chi connectivity index (χ4v) is 5.90. The van der Waals surface area contributed by atoms with Crippen LogP contribution in [-0.2, 0) is 24.0 Å². The summed E-state index contributed by atoms with van der Waals surface area (Å²) >= 11 is 3.53. The quantitative estimate of drug-likeness (QED) is 0.456. The topological polar surface area (TPSA) is 88.7 Å². The highest BCUT2D eigenvalue weighted by Gasteiger charge is 2.66. The van der Waals surface area contributed by atoms with Crippen molar-refractivity contribution in [3.8, 4) is 0 Å². The molecule has 11 heteroatoms. The van der Waals surface area contributed by atoms with Crippen LogP contribution in [0.25, 0.3) is 0 Å². The molecular formula is C25H34B2BrN3O5. The second-order valence-corrected chi connectivity index (χ2v) is 13.6. The van der Waals surface area contributed by atoms with E-state index in [2.05, 4.69) is 52.9 Å². The zero-order valence-electron chi connectivity index (χ0n) is 22.1. The van der Waals surface area contributed by atoms with Crippen molar-refractivity contribution in [1.82, 2.24) is 15.1 Å². The third-order valence-corrected chi connectivity index (χ3v) is 9.75. The molecule has 36 heavy (non-hydrogen) atoms. The second-order valence-electron chi connectivity index (χ2n) is 12.7. The van der Waals surface area contributed by atoms with Gasteiger partial charge in [-0.1, -0.05) is 5.16 Å². The molecule has 0 spiro atoms. The molecule has 0 bridgehead atoms. The Hall–Kier alpha value is -1.26. The third-order valence-electron chi connectivity index (χ3n) is 9.32. The molecule has 2 saturated heterocycles. The van der Waals surface area contributed by atoms with E-state index in [4.69, 9.17) is 28.1 Å². The first-order valence-electron chi connectivity index (χ1n) is 12.9. The van der Waals surface area contributed by atoms with E-state index in [0.29, 0.717) is 11.8 Å². The van der Waals surface area contributed by atoms with Crippen molar-refractivity contribution in [2.24, 2.45) is 5.92 Å². The van der Waals surface area contributed by atoms with E-state index in [-0.39, 0.29) is 11.3 Å². The Labute approximate surface area is 222 Å². The highest BCUT2D eigenvalue weighted by atomic mass is 79.9. The summed E-state index contributed by atoms with van der Waals surface area (Å²) in [5, 5.41) is 4.40. The third kappa shape index (κ3) is 3.92. The minimum Gasteiger partial charge on any atom is -0.405 e. The van der Waals surface area contributed by atoms with Gasteiger partial charge >= 0.3 is 14.0 Å². The van der Waals surface area contributed by atoms with Gasteiger partial charge in [0.05, 0.1) is 27.8 Å². The van der Waals surface area contributed by atoms with Crippen LogP contribution in [0.15, 0.2) is 27.5 Å². The minimum atomic E-state index is -0.575. The molecule has 0 radical (unpaired) electrons. The molecule has 3 unspecified atom stereocenters. The van der Waals surface area contributed by atoms with Gasteiger partial charge < -0.3 is 23.1 Å². The lowest BCUT2D eigenvalue weighted by atomic mass is 9.49. The summed E-state index contributed by atoms with van der Waals surface area (Å²) in [5.41, 5.74) is -0.931. The van der Waals surface area contributed by atoms with Crippen LogP contribution in [-0.4, -0.2) is 51.5 Å². The van der Waals surface area contributed by atoms with Gasteiger partial charge in [0, 0.05) is 22.8 Å². The van der Waals surface area contributed by atoms with Gasteiger partial charge in [-0.15, -0.1) is 0 Å². The molecule has 0 amide bonds. The van der Waals surface area contributed by atoms with Crippen LogP contribution in [0.5, 0.6) is 0 Å². The monoisotopic (exact) mass is 557 g/mol. The van der Waals surface area contributed by atoms with Crippen molar-refractivity contribution in [2.75, 3.05) is 0 Å². The van der Waals surface area contributed by atoms with E-state index in [9.17, 15) is 0 Å². The first-order chi connectivity index (χ1) is 16.8. The number of rotatable bonds is 6. The number of aromatic nitrogens is 3. The molecule has 4 heterocycles. The van der Waals surface area contributed by atoms with Crippen LogP contribution in [0.4, 0.5) is 0 Å². The van der Waals surface area contributed by atoms with Gasteiger partial charge in [0.2, 0.25) is 5.89 Å². The zero-order chi connectivity index (χ0) is 25.7. The van der Waals surface area contributed by atoms with Crippen molar-refractivity contribution in [2.45, 2.75) is 108 Å². The van der Waals surface area contributed by atoms with Crippen LogP contribution in [0.2, 0.25) is 0 Å². The molecule has 2 aliphatic heterocycles. The lowest BCUT2D eigenvalue weighted by Gasteiger charge is -2.36. The number of pyridine rings is 1. The Balaban J connectivity index is 1.13. The van der Waals surface area contributed by atoms with Gasteiger partial charge in [-0.05, 0) is 108 Å². The van der Waals surface area contributed by atoms with Crippen LogP contribution in [0.3, 0.4) is 0 Å². The van der Waals surface area contributed by atoms with Crippen molar-refractivity contribution >= 4 is 29.9 Å². The molecule has 2 aliphatic carbocycles. The van der Waals surface area contributed by atoms with E-state index in [1.165, 1.54) is 0 Å². The first kappa shape index (κ1) is 25.0. The van der Waals surface area contributed by atoms with E-state index in [1.807, 2.05) is 33.9 Å². The van der Waals surface area contributed by atoms with E-state index >= 15 is 0 Å². The lowest BCUT2D eigenvalue weighted by Crippen LogP contribution is -2.45. The standard InChI is InChI=1S/C25H34B2BrN3O5/c1-21(2)22(3,4)34-26(33-21)27-35-23(5,6)24(7,36-27)12-15-10-18(15)19-30-20(32-31-19)25(8-9-25)16-11-17(28)14-29-13-16/h11,13-15,18H,8-10,12H2,1-7H3. The number of hydrogen-bond donors (Lipinski definition) is 0. The van der Waals surface area contributed by atoms with Crippen LogP contribution in [0.1, 0.15) is 97.3 Å². The van der Waals surface area contributed by atoms with Crippen molar-refractivity contribution in [3.05, 3.63) is 40.2 Å². The average Bonchev–Trinajstić information content (AvgIpc) is 3.65. The van der Waals surface area contributed by atoms with Gasteiger partial charge in [-0.25, -0.2) is 0 Å². The largest absolute Gasteiger partial charge is 0.488 e. The SMILES string of the molecule is CC1(C)OB(B2OC(C)(C)C(C)(CC3CC3c3noc(C4(c5cncc(Br)c5)CC4)n3)O2)OC1(C)C. The maximum absolute atomic E-state index is 6.56. The van der Waals surface area contributed by atoms with Gasteiger partial charge in [0.25, 0.3) is 0 Å². The zero-order valence-corrected chi connectivity index (χ0v) is 23.7. The van der Waals surface area contributed by atoms with Gasteiger partial charge in [-0.2, -0.15) is 4.98 Å². The first-order valence-corrected chi connectivity index (χ1v) is 13.7. The average molecular weight is 558 g/mol. The molecule has 2 aromatic heterocycles.